The highest BCUT2D eigenvalue weighted by Gasteiger charge is 2.15. The Labute approximate surface area is 130 Å². The smallest absolute Gasteiger partial charge is 0.235 e. The second kappa shape index (κ2) is 5.23. The molecule has 0 spiro atoms. The van der Waals surface area contributed by atoms with E-state index in [4.69, 9.17) is 4.42 Å². The quantitative estimate of drug-likeness (QED) is 0.575. The number of aromatic nitrogens is 4. The summed E-state index contributed by atoms with van der Waals surface area (Å²) in [7, 11) is 0. The van der Waals surface area contributed by atoms with Gasteiger partial charge in [0, 0.05) is 0 Å². The average molecular weight is 308 g/mol. The maximum atomic E-state index is 5.33. The Kier molecular flexibility index (Phi) is 3.08. The van der Waals surface area contributed by atoms with Gasteiger partial charge in [-0.15, -0.1) is 10.2 Å². The zero-order chi connectivity index (χ0) is 14.9. The van der Waals surface area contributed by atoms with E-state index in [0.717, 1.165) is 26.9 Å². The van der Waals surface area contributed by atoms with E-state index in [9.17, 15) is 0 Å². The molecule has 0 fully saturated rings. The van der Waals surface area contributed by atoms with E-state index in [1.165, 1.54) is 11.3 Å². The first-order valence-electron chi connectivity index (χ1n) is 6.81. The summed E-state index contributed by atoms with van der Waals surface area (Å²) in [4.78, 5) is 0.767. The van der Waals surface area contributed by atoms with Gasteiger partial charge in [0.25, 0.3) is 0 Å². The Morgan fingerprint density at radius 3 is 2.73 bits per heavy atom. The van der Waals surface area contributed by atoms with Crippen LogP contribution in [-0.2, 0) is 0 Å². The van der Waals surface area contributed by atoms with Crippen LogP contribution in [-0.4, -0.2) is 19.8 Å². The van der Waals surface area contributed by atoms with Gasteiger partial charge >= 0.3 is 0 Å². The van der Waals surface area contributed by atoms with Crippen LogP contribution in [0.15, 0.2) is 47.1 Å². The summed E-state index contributed by atoms with van der Waals surface area (Å²) < 4.78 is 7.09. The van der Waals surface area contributed by atoms with E-state index < -0.39 is 0 Å². The molecule has 108 valence electrons. The van der Waals surface area contributed by atoms with Gasteiger partial charge in [-0.05, 0) is 24.6 Å². The molecule has 0 unspecified atom stereocenters. The molecule has 0 aliphatic rings. The summed E-state index contributed by atoms with van der Waals surface area (Å²) >= 11 is 1.50. The van der Waals surface area contributed by atoms with Crippen molar-refractivity contribution in [3.8, 4) is 11.4 Å². The molecular weight excluding hydrogens is 296 g/mol. The summed E-state index contributed by atoms with van der Waals surface area (Å²) in [5.41, 5.74) is 2.05. The summed E-state index contributed by atoms with van der Waals surface area (Å²) in [5, 5.41) is 13.8. The van der Waals surface area contributed by atoms with E-state index >= 15 is 0 Å². The lowest BCUT2D eigenvalue weighted by Gasteiger charge is -1.93. The van der Waals surface area contributed by atoms with Gasteiger partial charge in [0.05, 0.1) is 11.8 Å². The van der Waals surface area contributed by atoms with Crippen LogP contribution >= 0.6 is 11.3 Å². The van der Waals surface area contributed by atoms with E-state index in [1.807, 2.05) is 43.3 Å². The highest BCUT2D eigenvalue weighted by atomic mass is 32.1. The van der Waals surface area contributed by atoms with Crippen LogP contribution in [0.25, 0.3) is 28.5 Å². The van der Waals surface area contributed by atoms with Crippen LogP contribution in [0.5, 0.6) is 0 Å². The van der Waals surface area contributed by atoms with E-state index in [2.05, 4.69) is 27.4 Å². The SMILES string of the molecule is Cc1occc1-c1nnc2sc(/C=C/c3ccccc3)nn12. The van der Waals surface area contributed by atoms with Crippen LogP contribution in [0.2, 0.25) is 0 Å². The third-order valence-corrected chi connectivity index (χ3v) is 4.19. The van der Waals surface area contributed by atoms with Gasteiger partial charge in [-0.3, -0.25) is 0 Å². The Balaban J connectivity index is 1.72. The lowest BCUT2D eigenvalue weighted by molar-refractivity contribution is 0.535. The standard InChI is InChI=1S/C16H12N4OS/c1-11-13(9-10-21-11)15-17-18-16-20(15)19-14(22-16)8-7-12-5-3-2-4-6-12/h2-10H,1H3/b8-7+. The summed E-state index contributed by atoms with van der Waals surface area (Å²) in [5.74, 6) is 1.51. The van der Waals surface area contributed by atoms with Crippen molar-refractivity contribution in [1.82, 2.24) is 19.8 Å². The molecule has 0 radical (unpaired) electrons. The fraction of sp³-hybridized carbons (Fsp3) is 0.0625. The molecule has 6 heteroatoms. The molecule has 0 N–H and O–H groups in total. The average Bonchev–Trinajstić information content (AvgIpc) is 3.22. The van der Waals surface area contributed by atoms with E-state index in [-0.39, 0.29) is 0 Å². The monoisotopic (exact) mass is 308 g/mol. The largest absolute Gasteiger partial charge is 0.469 e. The highest BCUT2D eigenvalue weighted by molar-refractivity contribution is 7.17. The van der Waals surface area contributed by atoms with E-state index in [1.54, 1.807) is 10.8 Å². The molecule has 0 aliphatic heterocycles. The molecule has 0 amide bonds. The first-order chi connectivity index (χ1) is 10.8. The minimum Gasteiger partial charge on any atom is -0.469 e. The minimum atomic E-state index is 0.705. The topological polar surface area (TPSA) is 56.2 Å². The molecular formula is C16H12N4OS. The van der Waals surface area contributed by atoms with Gasteiger partial charge in [0.1, 0.15) is 10.8 Å². The molecule has 5 nitrogen and oxygen atoms in total. The Morgan fingerprint density at radius 2 is 1.95 bits per heavy atom. The van der Waals surface area contributed by atoms with Crippen LogP contribution in [0.1, 0.15) is 16.3 Å². The van der Waals surface area contributed by atoms with Gasteiger partial charge in [-0.2, -0.15) is 9.61 Å². The summed E-state index contributed by atoms with van der Waals surface area (Å²) in [6, 6.07) is 12.0. The molecule has 0 saturated heterocycles. The third kappa shape index (κ3) is 2.23. The molecule has 0 saturated carbocycles. The van der Waals surface area contributed by atoms with Crippen LogP contribution in [0.3, 0.4) is 0 Å². The van der Waals surface area contributed by atoms with Crippen molar-refractivity contribution in [1.29, 1.82) is 0 Å². The maximum Gasteiger partial charge on any atom is 0.235 e. The van der Waals surface area contributed by atoms with Crippen molar-refractivity contribution < 1.29 is 4.42 Å². The fourth-order valence-electron chi connectivity index (χ4n) is 2.22. The van der Waals surface area contributed by atoms with Crippen molar-refractivity contribution in [3.63, 3.8) is 0 Å². The maximum absolute atomic E-state index is 5.33. The highest BCUT2D eigenvalue weighted by Crippen LogP contribution is 2.25. The molecule has 4 aromatic rings. The van der Waals surface area contributed by atoms with Crippen molar-refractivity contribution in [3.05, 3.63) is 59.0 Å². The number of benzene rings is 1. The van der Waals surface area contributed by atoms with Crippen LogP contribution in [0, 0.1) is 6.92 Å². The Hall–Kier alpha value is -2.73. The van der Waals surface area contributed by atoms with Crippen LogP contribution < -0.4 is 0 Å². The molecule has 22 heavy (non-hydrogen) atoms. The lowest BCUT2D eigenvalue weighted by atomic mass is 10.2. The second-order valence-corrected chi connectivity index (χ2v) is 5.78. The Bertz CT molecular complexity index is 949. The lowest BCUT2D eigenvalue weighted by Crippen LogP contribution is -1.90. The van der Waals surface area contributed by atoms with Crippen molar-refractivity contribution in [2.24, 2.45) is 0 Å². The summed E-state index contributed by atoms with van der Waals surface area (Å²) in [6.45, 7) is 1.90. The zero-order valence-electron chi connectivity index (χ0n) is 11.8. The molecule has 0 atom stereocenters. The zero-order valence-corrected chi connectivity index (χ0v) is 12.6. The molecule has 0 aliphatic carbocycles. The number of rotatable bonds is 3. The number of fused-ring (bicyclic) bond motifs is 1. The second-order valence-electron chi connectivity index (χ2n) is 4.79. The van der Waals surface area contributed by atoms with Gasteiger partial charge in [-0.25, -0.2) is 0 Å². The molecule has 4 rings (SSSR count). The Morgan fingerprint density at radius 1 is 1.09 bits per heavy atom. The predicted octanol–water partition coefficient (Wildman–Crippen LogP) is 3.92. The van der Waals surface area contributed by atoms with Crippen molar-refractivity contribution >= 4 is 28.4 Å². The normalized spacial score (nSPS) is 11.7. The number of nitrogens with zero attached hydrogens (tertiary/aromatic N) is 4. The van der Waals surface area contributed by atoms with Gasteiger partial charge in [-0.1, -0.05) is 47.7 Å². The van der Waals surface area contributed by atoms with Crippen molar-refractivity contribution in [2.75, 3.05) is 0 Å². The van der Waals surface area contributed by atoms with Crippen molar-refractivity contribution in [2.45, 2.75) is 6.92 Å². The fourth-order valence-corrected chi connectivity index (χ4v) is 2.96. The third-order valence-electron chi connectivity index (χ3n) is 3.32. The molecule has 1 aromatic carbocycles. The minimum absolute atomic E-state index is 0.705. The summed E-state index contributed by atoms with van der Waals surface area (Å²) in [6.07, 6.45) is 5.67. The molecule has 0 bridgehead atoms. The number of furan rings is 1. The van der Waals surface area contributed by atoms with Gasteiger partial charge in [0.15, 0.2) is 5.82 Å². The van der Waals surface area contributed by atoms with Crippen LogP contribution in [0.4, 0.5) is 0 Å². The molecule has 3 aromatic heterocycles. The predicted molar refractivity (Wildman–Crippen MR) is 86.5 cm³/mol. The number of hydrogen-bond donors (Lipinski definition) is 0. The molecule has 3 heterocycles. The number of hydrogen-bond acceptors (Lipinski definition) is 5. The number of aryl methyl sites for hydroxylation is 1. The van der Waals surface area contributed by atoms with E-state index in [0.29, 0.717) is 5.82 Å². The first kappa shape index (κ1) is 13.0. The van der Waals surface area contributed by atoms with Gasteiger partial charge < -0.3 is 4.42 Å². The first-order valence-corrected chi connectivity index (χ1v) is 7.63. The van der Waals surface area contributed by atoms with Gasteiger partial charge in [0.2, 0.25) is 4.96 Å².